The molecule has 24 heavy (non-hydrogen) atoms. The number of carboxylic acids is 1. The van der Waals surface area contributed by atoms with Crippen LogP contribution >= 0.6 is 0 Å². The Morgan fingerprint density at radius 2 is 1.83 bits per heavy atom. The van der Waals surface area contributed by atoms with E-state index in [2.05, 4.69) is 5.32 Å². The summed E-state index contributed by atoms with van der Waals surface area (Å²) in [6.45, 7) is -0.247. The number of carboxylic acid groups (broad SMARTS) is 1. The summed E-state index contributed by atoms with van der Waals surface area (Å²) in [6, 6.07) is 13.4. The molecule has 2 aromatic carbocycles. The molecule has 0 radical (unpaired) electrons. The highest BCUT2D eigenvalue weighted by Gasteiger charge is 2.18. The minimum Gasteiger partial charge on any atom is -0.481 e. The first-order valence-electron chi connectivity index (χ1n) is 7.54. The van der Waals surface area contributed by atoms with Gasteiger partial charge in [-0.3, -0.25) is 9.59 Å². The number of halogens is 1. The van der Waals surface area contributed by atoms with Gasteiger partial charge in [-0.2, -0.15) is 0 Å². The maximum atomic E-state index is 14.1. The van der Waals surface area contributed by atoms with Crippen molar-refractivity contribution in [3.63, 3.8) is 0 Å². The Kier molecular flexibility index (Phi) is 6.03. The predicted octanol–water partition coefficient (Wildman–Crippen LogP) is 1.95. The number of aliphatic carboxylic acids is 1. The summed E-state index contributed by atoms with van der Waals surface area (Å²) in [5.41, 5.74) is 7.34. The van der Waals surface area contributed by atoms with Crippen LogP contribution in [0.15, 0.2) is 48.5 Å². The van der Waals surface area contributed by atoms with E-state index in [9.17, 15) is 14.0 Å². The van der Waals surface area contributed by atoms with E-state index < -0.39 is 23.7 Å². The van der Waals surface area contributed by atoms with Gasteiger partial charge in [-0.15, -0.1) is 0 Å². The Labute approximate surface area is 139 Å². The molecule has 0 saturated heterocycles. The van der Waals surface area contributed by atoms with E-state index in [0.29, 0.717) is 5.56 Å². The fraction of sp³-hybridized carbons (Fsp3) is 0.222. The Morgan fingerprint density at radius 3 is 2.46 bits per heavy atom. The number of amides is 1. The number of nitrogens with one attached hydrogen (secondary N) is 1. The minimum absolute atomic E-state index is 0.0740. The summed E-state index contributed by atoms with van der Waals surface area (Å²) >= 11 is 0. The standard InChI is InChI=1S/C18H19FN2O3/c19-16-7-6-13(12-4-2-1-3-5-12)8-14(16)9-15(10-18(23)24)21-17(22)11-20/h1-8,15H,9-11,20H2,(H,21,22)(H,23,24). The monoisotopic (exact) mass is 330 g/mol. The Hall–Kier alpha value is -2.73. The van der Waals surface area contributed by atoms with Crippen LogP contribution in [0.2, 0.25) is 0 Å². The van der Waals surface area contributed by atoms with Gasteiger partial charge in [0.05, 0.1) is 13.0 Å². The molecule has 126 valence electrons. The molecule has 1 atom stereocenters. The summed E-state index contributed by atoms with van der Waals surface area (Å²) in [6.07, 6.45) is -0.231. The SMILES string of the molecule is NCC(=O)NC(CC(=O)O)Cc1cc(-c2ccccc2)ccc1F. The minimum atomic E-state index is -1.07. The Bertz CT molecular complexity index is 719. The Balaban J connectivity index is 2.25. The average molecular weight is 330 g/mol. The highest BCUT2D eigenvalue weighted by atomic mass is 19.1. The summed E-state index contributed by atoms with van der Waals surface area (Å²) in [5, 5.41) is 11.5. The number of hydrogen-bond donors (Lipinski definition) is 3. The molecule has 0 heterocycles. The molecule has 2 rings (SSSR count). The molecule has 4 N–H and O–H groups in total. The van der Waals surface area contributed by atoms with Crippen molar-refractivity contribution in [1.82, 2.24) is 5.32 Å². The van der Waals surface area contributed by atoms with E-state index in [0.717, 1.165) is 11.1 Å². The predicted molar refractivity (Wildman–Crippen MR) is 88.8 cm³/mol. The second-order valence-corrected chi connectivity index (χ2v) is 5.44. The molecular formula is C18H19FN2O3. The number of hydrogen-bond acceptors (Lipinski definition) is 3. The lowest BCUT2D eigenvalue weighted by molar-refractivity contribution is -0.137. The molecule has 0 aromatic heterocycles. The normalized spacial score (nSPS) is 11.8. The van der Waals surface area contributed by atoms with Gasteiger partial charge in [-0.25, -0.2) is 4.39 Å². The van der Waals surface area contributed by atoms with Crippen molar-refractivity contribution in [2.75, 3.05) is 6.54 Å². The van der Waals surface area contributed by atoms with Gasteiger partial charge in [0.15, 0.2) is 0 Å². The number of carbonyl (C=O) groups excluding carboxylic acids is 1. The highest BCUT2D eigenvalue weighted by Crippen LogP contribution is 2.23. The van der Waals surface area contributed by atoms with Crippen LogP contribution in [0.4, 0.5) is 4.39 Å². The smallest absolute Gasteiger partial charge is 0.305 e. The van der Waals surface area contributed by atoms with Crippen LogP contribution in [0.1, 0.15) is 12.0 Å². The van der Waals surface area contributed by atoms with Gasteiger partial charge in [0.25, 0.3) is 0 Å². The molecule has 0 saturated carbocycles. The summed E-state index contributed by atoms with van der Waals surface area (Å²) in [4.78, 5) is 22.4. The van der Waals surface area contributed by atoms with Crippen molar-refractivity contribution in [3.05, 3.63) is 59.9 Å². The molecule has 0 aliphatic carbocycles. The third-order valence-electron chi connectivity index (χ3n) is 3.59. The quantitative estimate of drug-likeness (QED) is 0.723. The molecule has 2 aromatic rings. The maximum Gasteiger partial charge on any atom is 0.305 e. The van der Waals surface area contributed by atoms with Crippen LogP contribution in [0.5, 0.6) is 0 Å². The van der Waals surface area contributed by atoms with Crippen LogP contribution in [-0.4, -0.2) is 29.6 Å². The zero-order chi connectivity index (χ0) is 17.5. The van der Waals surface area contributed by atoms with E-state index in [1.54, 1.807) is 12.1 Å². The molecule has 1 amide bonds. The molecule has 6 heteroatoms. The van der Waals surface area contributed by atoms with Crippen LogP contribution in [0.3, 0.4) is 0 Å². The summed E-state index contributed by atoms with van der Waals surface area (Å²) in [7, 11) is 0. The van der Waals surface area contributed by atoms with E-state index in [-0.39, 0.29) is 19.4 Å². The van der Waals surface area contributed by atoms with Crippen LogP contribution in [-0.2, 0) is 16.0 Å². The van der Waals surface area contributed by atoms with E-state index in [4.69, 9.17) is 10.8 Å². The zero-order valence-electron chi connectivity index (χ0n) is 13.0. The summed E-state index contributed by atoms with van der Waals surface area (Å²) in [5.74, 6) is -1.98. The first-order valence-corrected chi connectivity index (χ1v) is 7.54. The van der Waals surface area contributed by atoms with E-state index in [1.807, 2.05) is 30.3 Å². The van der Waals surface area contributed by atoms with Gasteiger partial charge in [0.2, 0.25) is 5.91 Å². The first-order chi connectivity index (χ1) is 11.5. The number of rotatable bonds is 7. The topological polar surface area (TPSA) is 92.4 Å². The van der Waals surface area contributed by atoms with Crippen molar-refractivity contribution >= 4 is 11.9 Å². The first kappa shape index (κ1) is 17.6. The maximum absolute atomic E-state index is 14.1. The number of nitrogens with two attached hydrogens (primary N) is 1. The van der Waals surface area contributed by atoms with Crippen LogP contribution < -0.4 is 11.1 Å². The largest absolute Gasteiger partial charge is 0.481 e. The van der Waals surface area contributed by atoms with Crippen molar-refractivity contribution in [1.29, 1.82) is 0 Å². The third-order valence-corrected chi connectivity index (χ3v) is 3.59. The lowest BCUT2D eigenvalue weighted by atomic mass is 9.97. The Morgan fingerprint density at radius 1 is 1.12 bits per heavy atom. The van der Waals surface area contributed by atoms with E-state index >= 15 is 0 Å². The lowest BCUT2D eigenvalue weighted by Crippen LogP contribution is -2.41. The highest BCUT2D eigenvalue weighted by molar-refractivity contribution is 5.79. The molecule has 0 fully saturated rings. The molecule has 5 nitrogen and oxygen atoms in total. The van der Waals surface area contributed by atoms with Gasteiger partial charge in [-0.1, -0.05) is 36.4 Å². The second-order valence-electron chi connectivity index (χ2n) is 5.44. The second kappa shape index (κ2) is 8.21. The average Bonchev–Trinajstić information content (AvgIpc) is 2.57. The van der Waals surface area contributed by atoms with Crippen LogP contribution in [0, 0.1) is 5.82 Å². The van der Waals surface area contributed by atoms with Gasteiger partial charge in [0.1, 0.15) is 5.82 Å². The van der Waals surface area contributed by atoms with Gasteiger partial charge < -0.3 is 16.2 Å². The van der Waals surface area contributed by atoms with Crippen molar-refractivity contribution in [2.24, 2.45) is 5.73 Å². The fourth-order valence-corrected chi connectivity index (χ4v) is 2.48. The molecular weight excluding hydrogens is 311 g/mol. The molecule has 1 unspecified atom stereocenters. The lowest BCUT2D eigenvalue weighted by Gasteiger charge is -2.17. The zero-order valence-corrected chi connectivity index (χ0v) is 13.0. The molecule has 0 aliphatic heterocycles. The molecule has 0 spiro atoms. The van der Waals surface area contributed by atoms with Crippen molar-refractivity contribution < 1.29 is 19.1 Å². The van der Waals surface area contributed by atoms with Gasteiger partial charge in [-0.05, 0) is 35.2 Å². The van der Waals surface area contributed by atoms with Gasteiger partial charge >= 0.3 is 5.97 Å². The van der Waals surface area contributed by atoms with Crippen molar-refractivity contribution in [2.45, 2.75) is 18.9 Å². The fourth-order valence-electron chi connectivity index (χ4n) is 2.48. The van der Waals surface area contributed by atoms with Crippen LogP contribution in [0.25, 0.3) is 11.1 Å². The number of benzene rings is 2. The molecule has 0 aliphatic rings. The third kappa shape index (κ3) is 4.89. The molecule has 0 bridgehead atoms. The summed E-state index contributed by atoms with van der Waals surface area (Å²) < 4.78 is 14.1. The van der Waals surface area contributed by atoms with Gasteiger partial charge in [0, 0.05) is 6.04 Å². The number of carbonyl (C=O) groups is 2. The van der Waals surface area contributed by atoms with E-state index in [1.165, 1.54) is 6.07 Å². The van der Waals surface area contributed by atoms with Crippen molar-refractivity contribution in [3.8, 4) is 11.1 Å².